The number of aliphatic hydroxyl groups excluding tert-OH is 1. The number of amides is 2. The molecule has 2 aliphatic rings. The van der Waals surface area contributed by atoms with E-state index in [0.717, 1.165) is 44.1 Å². The third-order valence-electron chi connectivity index (χ3n) is 6.00. The van der Waals surface area contributed by atoms with Gasteiger partial charge in [-0.3, -0.25) is 9.59 Å². The molecular formula is C23H25ClN2O3S. The fourth-order valence-electron chi connectivity index (χ4n) is 4.40. The summed E-state index contributed by atoms with van der Waals surface area (Å²) in [5, 5.41) is 16.9. The van der Waals surface area contributed by atoms with Crippen molar-refractivity contribution in [3.05, 3.63) is 57.6 Å². The van der Waals surface area contributed by atoms with Crippen molar-refractivity contribution < 1.29 is 14.7 Å². The SMILES string of the molecule is C=C(O)C1CCCC(C(=O)Nc2sc3c(c2C(=O)Nc2ccc(Cl)cc2)CCC3)C1. The molecule has 1 saturated carbocycles. The van der Waals surface area contributed by atoms with E-state index < -0.39 is 0 Å². The van der Waals surface area contributed by atoms with E-state index >= 15 is 0 Å². The minimum absolute atomic E-state index is 0.0319. The summed E-state index contributed by atoms with van der Waals surface area (Å²) in [5.41, 5.74) is 2.29. The molecule has 2 amide bonds. The van der Waals surface area contributed by atoms with Crippen LogP contribution in [0, 0.1) is 11.8 Å². The van der Waals surface area contributed by atoms with Crippen LogP contribution in [0.3, 0.4) is 0 Å². The van der Waals surface area contributed by atoms with Crippen LogP contribution in [-0.4, -0.2) is 16.9 Å². The van der Waals surface area contributed by atoms with E-state index in [1.807, 2.05) is 0 Å². The van der Waals surface area contributed by atoms with E-state index in [4.69, 9.17) is 11.6 Å². The molecule has 0 saturated heterocycles. The third-order valence-corrected chi connectivity index (χ3v) is 7.46. The van der Waals surface area contributed by atoms with Crippen LogP contribution in [0.1, 0.15) is 52.9 Å². The Labute approximate surface area is 185 Å². The molecule has 2 unspecified atom stereocenters. The first kappa shape index (κ1) is 20.9. The standard InChI is InChI=1S/C23H25ClN2O3S/c1-13(27)14-4-2-5-15(12-14)21(28)26-23-20(18-6-3-7-19(18)30-23)22(29)25-17-10-8-16(24)9-11-17/h8-11,14-15,27H,1-7,12H2,(H,25,29)(H,26,28). The number of carbonyl (C=O) groups is 2. The Balaban J connectivity index is 1.54. The Kier molecular flexibility index (Phi) is 6.16. The van der Waals surface area contributed by atoms with Crippen molar-refractivity contribution in [1.82, 2.24) is 0 Å². The van der Waals surface area contributed by atoms with Gasteiger partial charge in [-0.05, 0) is 68.4 Å². The molecule has 30 heavy (non-hydrogen) atoms. The molecule has 158 valence electrons. The van der Waals surface area contributed by atoms with Crippen molar-refractivity contribution in [2.75, 3.05) is 10.6 Å². The molecule has 0 radical (unpaired) electrons. The van der Waals surface area contributed by atoms with Gasteiger partial charge in [-0.1, -0.05) is 24.6 Å². The van der Waals surface area contributed by atoms with Gasteiger partial charge in [0.2, 0.25) is 5.91 Å². The molecule has 4 rings (SSSR count). The fourth-order valence-corrected chi connectivity index (χ4v) is 5.82. The van der Waals surface area contributed by atoms with Crippen LogP contribution in [0.5, 0.6) is 0 Å². The van der Waals surface area contributed by atoms with E-state index in [1.165, 1.54) is 16.2 Å². The molecule has 2 aromatic rings. The highest BCUT2D eigenvalue weighted by molar-refractivity contribution is 7.17. The summed E-state index contributed by atoms with van der Waals surface area (Å²) in [6.45, 7) is 3.64. The number of hydrogen-bond donors (Lipinski definition) is 3. The first-order chi connectivity index (χ1) is 14.4. The second kappa shape index (κ2) is 8.82. The molecule has 5 nitrogen and oxygen atoms in total. The maximum Gasteiger partial charge on any atom is 0.258 e. The van der Waals surface area contributed by atoms with Gasteiger partial charge in [0, 0.05) is 27.4 Å². The van der Waals surface area contributed by atoms with Crippen LogP contribution in [-0.2, 0) is 17.6 Å². The summed E-state index contributed by atoms with van der Waals surface area (Å²) in [5.74, 6) is -0.350. The van der Waals surface area contributed by atoms with Crippen molar-refractivity contribution in [1.29, 1.82) is 0 Å². The van der Waals surface area contributed by atoms with Crippen molar-refractivity contribution in [2.45, 2.75) is 44.9 Å². The normalized spacial score (nSPS) is 20.4. The highest BCUT2D eigenvalue weighted by Crippen LogP contribution is 2.40. The van der Waals surface area contributed by atoms with Gasteiger partial charge >= 0.3 is 0 Å². The number of nitrogens with one attached hydrogen (secondary N) is 2. The molecule has 0 bridgehead atoms. The van der Waals surface area contributed by atoms with Gasteiger partial charge in [-0.25, -0.2) is 0 Å². The zero-order valence-electron chi connectivity index (χ0n) is 16.7. The number of thiophene rings is 1. The number of fused-ring (bicyclic) bond motifs is 1. The molecule has 1 aromatic heterocycles. The molecule has 0 spiro atoms. The maximum atomic E-state index is 13.1. The topological polar surface area (TPSA) is 78.4 Å². The van der Waals surface area contributed by atoms with Crippen molar-refractivity contribution >= 4 is 45.4 Å². The Hall–Kier alpha value is -2.31. The molecule has 1 heterocycles. The average molecular weight is 445 g/mol. The monoisotopic (exact) mass is 444 g/mol. The van der Waals surface area contributed by atoms with Gasteiger partial charge in [0.1, 0.15) is 5.00 Å². The quantitative estimate of drug-likeness (QED) is 0.498. The molecule has 3 N–H and O–H groups in total. The Bertz CT molecular complexity index is 983. The van der Waals surface area contributed by atoms with E-state index in [0.29, 0.717) is 27.7 Å². The zero-order chi connectivity index (χ0) is 21.3. The van der Waals surface area contributed by atoms with Crippen LogP contribution in [0.15, 0.2) is 36.6 Å². The summed E-state index contributed by atoms with van der Waals surface area (Å²) < 4.78 is 0. The predicted molar refractivity (Wildman–Crippen MR) is 122 cm³/mol. The molecule has 1 fully saturated rings. The Morgan fingerprint density at radius 1 is 1.07 bits per heavy atom. The largest absolute Gasteiger partial charge is 0.513 e. The van der Waals surface area contributed by atoms with E-state index in [9.17, 15) is 14.7 Å². The molecule has 1 aromatic carbocycles. The third kappa shape index (κ3) is 4.40. The number of carbonyl (C=O) groups excluding carboxylic acids is 2. The van der Waals surface area contributed by atoms with Gasteiger partial charge in [0.25, 0.3) is 5.91 Å². The number of halogens is 1. The van der Waals surface area contributed by atoms with E-state index in [2.05, 4.69) is 17.2 Å². The first-order valence-corrected chi connectivity index (χ1v) is 11.5. The molecule has 2 atom stereocenters. The minimum Gasteiger partial charge on any atom is -0.513 e. The number of benzene rings is 1. The summed E-state index contributed by atoms with van der Waals surface area (Å²) >= 11 is 7.44. The van der Waals surface area contributed by atoms with Crippen molar-refractivity contribution in [3.63, 3.8) is 0 Å². The highest BCUT2D eigenvalue weighted by atomic mass is 35.5. The van der Waals surface area contributed by atoms with Crippen molar-refractivity contribution in [3.8, 4) is 0 Å². The first-order valence-electron chi connectivity index (χ1n) is 10.3. The van der Waals surface area contributed by atoms with Crippen molar-refractivity contribution in [2.24, 2.45) is 11.8 Å². The lowest BCUT2D eigenvalue weighted by Crippen LogP contribution is -2.29. The van der Waals surface area contributed by atoms with Gasteiger partial charge in [0.15, 0.2) is 0 Å². The number of rotatable bonds is 5. The average Bonchev–Trinajstić information content (AvgIpc) is 3.30. The number of aliphatic hydroxyl groups is 1. The predicted octanol–water partition coefficient (Wildman–Crippen LogP) is 5.96. The minimum atomic E-state index is -0.211. The van der Waals surface area contributed by atoms with Crippen LogP contribution in [0.4, 0.5) is 10.7 Å². The zero-order valence-corrected chi connectivity index (χ0v) is 18.2. The summed E-state index contributed by atoms with van der Waals surface area (Å²) in [6, 6.07) is 6.98. The number of anilines is 2. The summed E-state index contributed by atoms with van der Waals surface area (Å²) in [6.07, 6.45) is 5.94. The van der Waals surface area contributed by atoms with E-state index in [-0.39, 0.29) is 29.4 Å². The number of aryl methyl sites for hydroxylation is 1. The van der Waals surface area contributed by atoms with Crippen LogP contribution < -0.4 is 10.6 Å². The van der Waals surface area contributed by atoms with Crippen LogP contribution in [0.25, 0.3) is 0 Å². The molecular weight excluding hydrogens is 420 g/mol. The lowest BCUT2D eigenvalue weighted by molar-refractivity contribution is -0.121. The smallest absolute Gasteiger partial charge is 0.258 e. The van der Waals surface area contributed by atoms with Gasteiger partial charge in [-0.15, -0.1) is 11.3 Å². The Morgan fingerprint density at radius 3 is 2.53 bits per heavy atom. The second-order valence-corrected chi connectivity index (χ2v) is 9.61. The second-order valence-electron chi connectivity index (χ2n) is 8.06. The highest BCUT2D eigenvalue weighted by Gasteiger charge is 2.32. The van der Waals surface area contributed by atoms with Gasteiger partial charge in [-0.2, -0.15) is 0 Å². The van der Waals surface area contributed by atoms with Crippen LogP contribution in [0.2, 0.25) is 5.02 Å². The number of allylic oxidation sites excluding steroid dienone is 1. The summed E-state index contributed by atoms with van der Waals surface area (Å²) in [4.78, 5) is 27.3. The molecule has 7 heteroatoms. The van der Waals surface area contributed by atoms with E-state index in [1.54, 1.807) is 24.3 Å². The molecule has 2 aliphatic carbocycles. The summed E-state index contributed by atoms with van der Waals surface area (Å²) in [7, 11) is 0. The number of hydrogen-bond acceptors (Lipinski definition) is 4. The molecule has 0 aliphatic heterocycles. The lowest BCUT2D eigenvalue weighted by Gasteiger charge is -2.27. The van der Waals surface area contributed by atoms with Gasteiger partial charge < -0.3 is 15.7 Å². The Morgan fingerprint density at radius 2 is 1.80 bits per heavy atom. The van der Waals surface area contributed by atoms with Crippen LogP contribution >= 0.6 is 22.9 Å². The fraction of sp³-hybridized carbons (Fsp3) is 0.391. The van der Waals surface area contributed by atoms with Gasteiger partial charge in [0.05, 0.1) is 11.3 Å². The maximum absolute atomic E-state index is 13.1. The lowest BCUT2D eigenvalue weighted by atomic mass is 9.80.